The van der Waals surface area contributed by atoms with Gasteiger partial charge in [0, 0.05) is 0 Å². The second-order valence-electron chi connectivity index (χ2n) is 14.2. The van der Waals surface area contributed by atoms with Gasteiger partial charge in [0.1, 0.15) is 12.7 Å². The maximum atomic E-state index is 14.3. The van der Waals surface area contributed by atoms with E-state index in [1.54, 1.807) is 24.3 Å². The minimum absolute atomic E-state index is 0.0145. The lowest BCUT2D eigenvalue weighted by Gasteiger charge is -2.44. The summed E-state index contributed by atoms with van der Waals surface area (Å²) in [4.78, 5) is 29.5. The van der Waals surface area contributed by atoms with Gasteiger partial charge in [0.25, 0.3) is 8.32 Å². The fourth-order valence-corrected chi connectivity index (χ4v) is 11.9. The first-order valence-electron chi connectivity index (χ1n) is 18.0. The van der Waals surface area contributed by atoms with Gasteiger partial charge in [-0.2, -0.15) is 0 Å². The molecule has 1 heterocycles. The van der Waals surface area contributed by atoms with Gasteiger partial charge in [-0.25, -0.2) is 9.59 Å². The van der Waals surface area contributed by atoms with Crippen molar-refractivity contribution in [3.63, 3.8) is 0 Å². The number of ether oxygens (including phenoxy) is 3. The summed E-state index contributed by atoms with van der Waals surface area (Å²) in [6.07, 6.45) is -2.61. The molecular weight excluding hydrogens is 683 g/mol. The van der Waals surface area contributed by atoms with E-state index in [9.17, 15) is 14.7 Å². The molecule has 1 unspecified atom stereocenters. The van der Waals surface area contributed by atoms with Crippen molar-refractivity contribution in [2.75, 3.05) is 13.2 Å². The van der Waals surface area contributed by atoms with Crippen molar-refractivity contribution in [3.8, 4) is 0 Å². The molecule has 4 atom stereocenters. The Bertz CT molecular complexity index is 1850. The maximum Gasteiger partial charge on any atom is 0.410 e. The van der Waals surface area contributed by atoms with E-state index < -0.39 is 51.3 Å². The number of rotatable bonds is 13. The Balaban J connectivity index is 1.43. The molecule has 53 heavy (non-hydrogen) atoms. The number of amides is 1. The first kappa shape index (κ1) is 37.7. The SMILES string of the molecule is CC(C)(C)[Si](OCC1[C@@H](OCc2ccccc2)[C@H](OC(=O)c2ccccc2)[C@@H](CO)N1C(=O)OCc1ccccc1)(c1ccccc1)c1ccccc1. The van der Waals surface area contributed by atoms with E-state index in [1.165, 1.54) is 4.90 Å². The molecule has 0 radical (unpaired) electrons. The van der Waals surface area contributed by atoms with Crippen LogP contribution in [0.3, 0.4) is 0 Å². The summed E-state index contributed by atoms with van der Waals surface area (Å²) in [6.45, 7) is 6.25. The Labute approximate surface area is 313 Å². The van der Waals surface area contributed by atoms with Crippen molar-refractivity contribution >= 4 is 30.8 Å². The van der Waals surface area contributed by atoms with Crippen molar-refractivity contribution in [2.45, 2.75) is 63.3 Å². The van der Waals surface area contributed by atoms with Crippen LogP contribution < -0.4 is 10.4 Å². The number of likely N-dealkylation sites (tertiary alicyclic amines) is 1. The Kier molecular flexibility index (Phi) is 12.2. The van der Waals surface area contributed by atoms with Crippen LogP contribution in [0.25, 0.3) is 0 Å². The minimum Gasteiger partial charge on any atom is -0.454 e. The highest BCUT2D eigenvalue weighted by atomic mass is 28.4. The number of hydrogen-bond acceptors (Lipinski definition) is 7. The van der Waals surface area contributed by atoms with E-state index in [0.29, 0.717) is 5.56 Å². The highest BCUT2D eigenvalue weighted by Crippen LogP contribution is 2.39. The quantitative estimate of drug-likeness (QED) is 0.106. The molecule has 0 spiro atoms. The van der Waals surface area contributed by atoms with Crippen LogP contribution in [0.4, 0.5) is 4.79 Å². The lowest BCUT2D eigenvalue weighted by atomic mass is 10.1. The third-order valence-corrected chi connectivity index (χ3v) is 14.8. The van der Waals surface area contributed by atoms with Gasteiger partial charge < -0.3 is 23.7 Å². The van der Waals surface area contributed by atoms with Crippen LogP contribution in [0.5, 0.6) is 0 Å². The summed E-state index contributed by atoms with van der Waals surface area (Å²) in [7, 11) is -3.11. The molecule has 1 saturated heterocycles. The van der Waals surface area contributed by atoms with Gasteiger partial charge in [0.05, 0.1) is 37.5 Å². The molecule has 6 rings (SSSR count). The van der Waals surface area contributed by atoms with Crippen LogP contribution in [0.1, 0.15) is 42.3 Å². The number of hydrogen-bond donors (Lipinski definition) is 1. The monoisotopic (exact) mass is 729 g/mol. The number of aliphatic hydroxyl groups is 1. The normalized spacial score (nSPS) is 18.8. The number of benzene rings is 5. The van der Waals surface area contributed by atoms with Crippen LogP contribution >= 0.6 is 0 Å². The third kappa shape index (κ3) is 8.45. The summed E-state index contributed by atoms with van der Waals surface area (Å²) in [5.74, 6) is -0.589. The van der Waals surface area contributed by atoms with Crippen molar-refractivity contribution in [1.29, 1.82) is 0 Å². The molecular formula is C44H47NO7Si. The molecule has 1 N–H and O–H groups in total. The van der Waals surface area contributed by atoms with E-state index >= 15 is 0 Å². The number of aliphatic hydroxyl groups excluding tert-OH is 1. The minimum atomic E-state index is -3.11. The summed E-state index contributed by atoms with van der Waals surface area (Å²) in [6, 6.07) is 46.4. The van der Waals surface area contributed by atoms with Crippen molar-refractivity contribution < 1.29 is 33.3 Å². The molecule has 1 aliphatic heterocycles. The van der Waals surface area contributed by atoms with E-state index in [2.05, 4.69) is 45.0 Å². The van der Waals surface area contributed by atoms with Crippen molar-refractivity contribution in [3.05, 3.63) is 168 Å². The summed E-state index contributed by atoms with van der Waals surface area (Å²) >= 11 is 0. The van der Waals surface area contributed by atoms with Crippen LogP contribution in [0.15, 0.2) is 152 Å². The van der Waals surface area contributed by atoms with E-state index in [0.717, 1.165) is 21.5 Å². The number of esters is 1. The second kappa shape index (κ2) is 17.2. The number of nitrogens with zero attached hydrogens (tertiary/aromatic N) is 1. The fraction of sp³-hybridized carbons (Fsp3) is 0.273. The van der Waals surface area contributed by atoms with Gasteiger partial charge in [0.2, 0.25) is 0 Å². The number of carbonyl (C=O) groups is 2. The standard InChI is InChI=1S/C44H47NO7Si/c1-44(2,3)53(36-25-15-7-16-26-36,37-27-17-8-18-28-37)51-32-39-40(49-30-33-19-9-4-10-20-33)41(52-42(47)35-23-13-6-14-24-35)38(29-46)45(39)43(48)50-31-34-21-11-5-12-22-34/h4-28,38-41,46H,29-32H2,1-3H3/t38-,39?,40-,41-/m1/s1. The Hall–Kier alpha value is -5.06. The van der Waals surface area contributed by atoms with Crippen LogP contribution in [-0.4, -0.2) is 67.9 Å². The Morgan fingerprint density at radius 2 is 1.11 bits per heavy atom. The second-order valence-corrected chi connectivity index (χ2v) is 18.5. The summed E-state index contributed by atoms with van der Waals surface area (Å²) in [5.41, 5.74) is 2.05. The number of carbonyl (C=O) groups excluding carboxylic acids is 2. The first-order valence-corrected chi connectivity index (χ1v) is 19.9. The van der Waals surface area contributed by atoms with Gasteiger partial charge in [-0.15, -0.1) is 0 Å². The Morgan fingerprint density at radius 1 is 0.642 bits per heavy atom. The maximum absolute atomic E-state index is 14.3. The van der Waals surface area contributed by atoms with E-state index in [-0.39, 0.29) is 24.9 Å². The molecule has 1 amide bonds. The zero-order valence-electron chi connectivity index (χ0n) is 30.4. The molecule has 274 valence electrons. The molecule has 0 aliphatic carbocycles. The van der Waals surface area contributed by atoms with Crippen molar-refractivity contribution in [1.82, 2.24) is 4.90 Å². The molecule has 0 bridgehead atoms. The predicted molar refractivity (Wildman–Crippen MR) is 207 cm³/mol. The first-order chi connectivity index (χ1) is 25.7. The molecule has 1 fully saturated rings. The molecule has 5 aromatic rings. The summed E-state index contributed by atoms with van der Waals surface area (Å²) < 4.78 is 26.2. The summed E-state index contributed by atoms with van der Waals surface area (Å²) in [5, 5.41) is 12.8. The molecule has 5 aromatic carbocycles. The largest absolute Gasteiger partial charge is 0.454 e. The lowest BCUT2D eigenvalue weighted by Crippen LogP contribution is -2.67. The average molecular weight is 730 g/mol. The highest BCUT2D eigenvalue weighted by Gasteiger charge is 2.57. The van der Waals surface area contributed by atoms with Crippen molar-refractivity contribution in [2.24, 2.45) is 0 Å². The van der Waals surface area contributed by atoms with E-state index in [4.69, 9.17) is 18.6 Å². The van der Waals surface area contributed by atoms with Gasteiger partial charge in [-0.1, -0.05) is 160 Å². The van der Waals surface area contributed by atoms with Gasteiger partial charge in [-0.05, 0) is 38.7 Å². The zero-order valence-corrected chi connectivity index (χ0v) is 31.4. The van der Waals surface area contributed by atoms with Crippen LogP contribution in [-0.2, 0) is 31.9 Å². The van der Waals surface area contributed by atoms with Gasteiger partial charge >= 0.3 is 12.1 Å². The predicted octanol–water partition coefficient (Wildman–Crippen LogP) is 6.76. The smallest absolute Gasteiger partial charge is 0.410 e. The molecule has 0 saturated carbocycles. The van der Waals surface area contributed by atoms with Gasteiger partial charge in [-0.3, -0.25) is 4.90 Å². The molecule has 9 heteroatoms. The Morgan fingerprint density at radius 3 is 1.60 bits per heavy atom. The van der Waals surface area contributed by atoms with Crippen LogP contribution in [0.2, 0.25) is 5.04 Å². The highest BCUT2D eigenvalue weighted by molar-refractivity contribution is 6.99. The molecule has 8 nitrogen and oxygen atoms in total. The van der Waals surface area contributed by atoms with Crippen LogP contribution in [0, 0.1) is 0 Å². The topological polar surface area (TPSA) is 94.5 Å². The third-order valence-electron chi connectivity index (χ3n) is 9.83. The zero-order chi connectivity index (χ0) is 37.3. The molecule has 1 aliphatic rings. The fourth-order valence-electron chi connectivity index (χ4n) is 7.29. The average Bonchev–Trinajstić information content (AvgIpc) is 3.49. The molecule has 0 aromatic heterocycles. The van der Waals surface area contributed by atoms with Gasteiger partial charge in [0.15, 0.2) is 6.10 Å². The lowest BCUT2D eigenvalue weighted by molar-refractivity contribution is -0.0604. The van der Waals surface area contributed by atoms with E-state index in [1.807, 2.05) is 103 Å².